The number of piperazine rings is 1. The van der Waals surface area contributed by atoms with Crippen molar-refractivity contribution in [2.75, 3.05) is 32.7 Å². The van der Waals surface area contributed by atoms with Gasteiger partial charge in [0, 0.05) is 32.7 Å². The Bertz CT molecular complexity index is 871. The Morgan fingerprint density at radius 3 is 2.43 bits per heavy atom. The molecular formula is C25H30N2O3. The first-order chi connectivity index (χ1) is 14.5. The fourth-order valence-corrected chi connectivity index (χ4v) is 3.89. The van der Waals surface area contributed by atoms with E-state index in [1.807, 2.05) is 54.3 Å². The summed E-state index contributed by atoms with van der Waals surface area (Å²) in [5.74, 6) is -1.49. The molecule has 1 amide bonds. The highest BCUT2D eigenvalue weighted by Gasteiger charge is 2.29. The molecule has 0 radical (unpaired) electrons. The second-order valence-electron chi connectivity index (χ2n) is 7.93. The van der Waals surface area contributed by atoms with Crippen LogP contribution in [0, 0.1) is 12.8 Å². The number of carboxylic acid groups (broad SMARTS) is 1. The first-order valence-electron chi connectivity index (χ1n) is 10.5. The number of carbonyl (C=O) groups is 2. The maximum absolute atomic E-state index is 13.1. The summed E-state index contributed by atoms with van der Waals surface area (Å²) in [5, 5.41) is 9.31. The highest BCUT2D eigenvalue weighted by molar-refractivity contribution is 5.83. The molecule has 1 unspecified atom stereocenters. The zero-order valence-corrected chi connectivity index (χ0v) is 17.5. The molecular weight excluding hydrogens is 376 g/mol. The SMILES string of the molecule is Cc1cccc(CC(CC(=O)O)C(=O)N2CCN(CC=Cc3ccccc3)CC2)c1. The largest absolute Gasteiger partial charge is 0.481 e. The van der Waals surface area contributed by atoms with E-state index in [-0.39, 0.29) is 12.3 Å². The topological polar surface area (TPSA) is 60.9 Å². The smallest absolute Gasteiger partial charge is 0.304 e. The van der Waals surface area contributed by atoms with Gasteiger partial charge in [0.05, 0.1) is 12.3 Å². The van der Waals surface area contributed by atoms with Crippen molar-refractivity contribution in [3.05, 3.63) is 77.4 Å². The number of hydrogen-bond donors (Lipinski definition) is 1. The van der Waals surface area contributed by atoms with Crippen LogP contribution in [0.3, 0.4) is 0 Å². The van der Waals surface area contributed by atoms with E-state index in [2.05, 4.69) is 29.2 Å². The van der Waals surface area contributed by atoms with Crippen molar-refractivity contribution < 1.29 is 14.7 Å². The molecule has 1 aliphatic heterocycles. The highest BCUT2D eigenvalue weighted by atomic mass is 16.4. The maximum atomic E-state index is 13.1. The van der Waals surface area contributed by atoms with Gasteiger partial charge in [-0.3, -0.25) is 14.5 Å². The molecule has 1 heterocycles. The number of amides is 1. The van der Waals surface area contributed by atoms with Crippen LogP contribution < -0.4 is 0 Å². The number of aliphatic carboxylic acids is 1. The first kappa shape index (κ1) is 21.8. The number of carbonyl (C=O) groups excluding carboxylic acids is 1. The third-order valence-electron chi connectivity index (χ3n) is 5.49. The minimum atomic E-state index is -0.925. The van der Waals surface area contributed by atoms with Crippen LogP contribution in [-0.2, 0) is 16.0 Å². The molecule has 1 aliphatic rings. The number of carboxylic acids is 1. The van der Waals surface area contributed by atoms with Gasteiger partial charge in [-0.2, -0.15) is 0 Å². The zero-order valence-electron chi connectivity index (χ0n) is 17.5. The Hall–Kier alpha value is -2.92. The summed E-state index contributed by atoms with van der Waals surface area (Å²) in [5.41, 5.74) is 3.31. The Morgan fingerprint density at radius 2 is 1.77 bits per heavy atom. The molecule has 0 bridgehead atoms. The average Bonchev–Trinajstić information content (AvgIpc) is 2.74. The standard InChI is InChI=1S/C25H30N2O3/c1-20-7-5-10-22(17-20)18-23(19-24(28)29)25(30)27-15-13-26(14-16-27)12-6-11-21-8-3-2-4-9-21/h2-11,17,23H,12-16,18-19H2,1H3,(H,28,29). The van der Waals surface area contributed by atoms with Gasteiger partial charge in [-0.05, 0) is 24.5 Å². The van der Waals surface area contributed by atoms with Gasteiger partial charge in [0.15, 0.2) is 0 Å². The molecule has 2 aromatic rings. The van der Waals surface area contributed by atoms with E-state index in [0.717, 1.165) is 30.8 Å². The Morgan fingerprint density at radius 1 is 1.03 bits per heavy atom. The van der Waals surface area contributed by atoms with E-state index in [0.29, 0.717) is 19.5 Å². The molecule has 2 aromatic carbocycles. The second kappa shape index (κ2) is 10.7. The monoisotopic (exact) mass is 406 g/mol. The zero-order chi connectivity index (χ0) is 21.3. The summed E-state index contributed by atoms with van der Waals surface area (Å²) in [6.45, 7) is 5.73. The molecule has 1 saturated heterocycles. The number of benzene rings is 2. The van der Waals surface area contributed by atoms with Gasteiger partial charge < -0.3 is 10.0 Å². The lowest BCUT2D eigenvalue weighted by atomic mass is 9.93. The van der Waals surface area contributed by atoms with Crippen molar-refractivity contribution in [1.29, 1.82) is 0 Å². The van der Waals surface area contributed by atoms with Crippen LogP contribution in [0.5, 0.6) is 0 Å². The van der Waals surface area contributed by atoms with Crippen molar-refractivity contribution in [2.24, 2.45) is 5.92 Å². The van der Waals surface area contributed by atoms with E-state index >= 15 is 0 Å². The average molecular weight is 407 g/mol. The van der Waals surface area contributed by atoms with Crippen LogP contribution in [0.2, 0.25) is 0 Å². The molecule has 0 aliphatic carbocycles. The summed E-state index contributed by atoms with van der Waals surface area (Å²) in [6, 6.07) is 18.1. The van der Waals surface area contributed by atoms with Crippen LogP contribution in [0.15, 0.2) is 60.7 Å². The van der Waals surface area contributed by atoms with Gasteiger partial charge >= 0.3 is 5.97 Å². The molecule has 3 rings (SSSR count). The number of rotatable bonds is 8. The van der Waals surface area contributed by atoms with Crippen LogP contribution >= 0.6 is 0 Å². The fraction of sp³-hybridized carbons (Fsp3) is 0.360. The lowest BCUT2D eigenvalue weighted by Gasteiger charge is -2.36. The number of aryl methyl sites for hydroxylation is 1. The normalized spacial score (nSPS) is 16.0. The number of hydrogen-bond acceptors (Lipinski definition) is 3. The van der Waals surface area contributed by atoms with Crippen molar-refractivity contribution >= 4 is 18.0 Å². The molecule has 1 N–H and O–H groups in total. The van der Waals surface area contributed by atoms with Crippen molar-refractivity contribution in [3.8, 4) is 0 Å². The van der Waals surface area contributed by atoms with Gasteiger partial charge in [0.1, 0.15) is 0 Å². The number of nitrogens with zero attached hydrogens (tertiary/aromatic N) is 2. The third kappa shape index (κ3) is 6.56. The first-order valence-corrected chi connectivity index (χ1v) is 10.5. The lowest BCUT2D eigenvalue weighted by molar-refractivity contribution is -0.145. The van der Waals surface area contributed by atoms with Gasteiger partial charge in [-0.1, -0.05) is 72.3 Å². The van der Waals surface area contributed by atoms with Crippen LogP contribution in [-0.4, -0.2) is 59.5 Å². The summed E-state index contributed by atoms with van der Waals surface area (Å²) in [4.78, 5) is 28.6. The Kier molecular flexibility index (Phi) is 7.80. The summed E-state index contributed by atoms with van der Waals surface area (Å²) < 4.78 is 0. The molecule has 5 heteroatoms. The van der Waals surface area contributed by atoms with E-state index in [4.69, 9.17) is 0 Å². The molecule has 5 nitrogen and oxygen atoms in total. The molecule has 30 heavy (non-hydrogen) atoms. The minimum Gasteiger partial charge on any atom is -0.481 e. The van der Waals surface area contributed by atoms with Crippen molar-refractivity contribution in [2.45, 2.75) is 19.8 Å². The fourth-order valence-electron chi connectivity index (χ4n) is 3.89. The lowest BCUT2D eigenvalue weighted by Crippen LogP contribution is -2.50. The van der Waals surface area contributed by atoms with Crippen LogP contribution in [0.4, 0.5) is 0 Å². The third-order valence-corrected chi connectivity index (χ3v) is 5.49. The molecule has 0 aromatic heterocycles. The summed E-state index contributed by atoms with van der Waals surface area (Å²) in [6.07, 6.45) is 4.60. The van der Waals surface area contributed by atoms with Gasteiger partial charge in [-0.25, -0.2) is 0 Å². The highest BCUT2D eigenvalue weighted by Crippen LogP contribution is 2.18. The minimum absolute atomic E-state index is 0.0432. The second-order valence-corrected chi connectivity index (χ2v) is 7.93. The molecule has 0 saturated carbocycles. The van der Waals surface area contributed by atoms with E-state index in [1.54, 1.807) is 0 Å². The quantitative estimate of drug-likeness (QED) is 0.729. The van der Waals surface area contributed by atoms with Crippen LogP contribution in [0.25, 0.3) is 6.08 Å². The van der Waals surface area contributed by atoms with Crippen molar-refractivity contribution in [3.63, 3.8) is 0 Å². The molecule has 1 fully saturated rings. The maximum Gasteiger partial charge on any atom is 0.304 e. The summed E-state index contributed by atoms with van der Waals surface area (Å²) in [7, 11) is 0. The van der Waals surface area contributed by atoms with E-state index in [9.17, 15) is 14.7 Å². The Labute approximate surface area is 178 Å². The van der Waals surface area contributed by atoms with E-state index in [1.165, 1.54) is 5.56 Å². The molecule has 1 atom stereocenters. The van der Waals surface area contributed by atoms with Gasteiger partial charge in [0.2, 0.25) is 5.91 Å². The predicted molar refractivity (Wildman–Crippen MR) is 119 cm³/mol. The predicted octanol–water partition coefficient (Wildman–Crippen LogP) is 3.49. The van der Waals surface area contributed by atoms with Crippen molar-refractivity contribution in [1.82, 2.24) is 9.80 Å². The van der Waals surface area contributed by atoms with E-state index < -0.39 is 11.9 Å². The van der Waals surface area contributed by atoms with Gasteiger partial charge in [0.25, 0.3) is 0 Å². The molecule has 158 valence electrons. The molecule has 0 spiro atoms. The van der Waals surface area contributed by atoms with Gasteiger partial charge in [-0.15, -0.1) is 0 Å². The van der Waals surface area contributed by atoms with Crippen LogP contribution in [0.1, 0.15) is 23.1 Å². The Balaban J connectivity index is 1.53. The summed E-state index contributed by atoms with van der Waals surface area (Å²) >= 11 is 0.